The number of aliphatic hydroxyl groups excluding tert-OH is 2. The fourth-order valence-corrected chi connectivity index (χ4v) is 7.31. The number of amides is 1. The Morgan fingerprint density at radius 3 is 2.27 bits per heavy atom. The van der Waals surface area contributed by atoms with E-state index in [1.165, 1.54) is 21.3 Å². The molecule has 0 aromatic rings. The molecule has 0 bridgehead atoms. The first-order valence-corrected chi connectivity index (χ1v) is 18.1. The molecule has 0 spiro atoms. The summed E-state index contributed by atoms with van der Waals surface area (Å²) in [7, 11) is 4.34. The molecule has 12 atom stereocenters. The van der Waals surface area contributed by atoms with Gasteiger partial charge in [-0.3, -0.25) is 4.79 Å². The fourth-order valence-electron chi connectivity index (χ4n) is 7.31. The molecule has 1 saturated heterocycles. The summed E-state index contributed by atoms with van der Waals surface area (Å²) in [6.07, 6.45) is 6.88. The molecule has 0 unspecified atom stereocenters. The number of allylic oxidation sites excluding steroid dienone is 5. The molecular weight excluding hydrogens is 670 g/mol. The predicted molar refractivity (Wildman–Crippen MR) is 197 cm³/mol. The maximum absolute atomic E-state index is 13.7. The number of nitrogens with two attached hydrogens (primary N) is 1. The highest BCUT2D eigenvalue weighted by molar-refractivity contribution is 5.93. The van der Waals surface area contributed by atoms with Gasteiger partial charge in [-0.15, -0.1) is 0 Å². The summed E-state index contributed by atoms with van der Waals surface area (Å²) in [6, 6.07) is 0. The third-order valence-electron chi connectivity index (χ3n) is 10.4. The largest absolute Gasteiger partial charge is 0.490 e. The fraction of sp³-hybridized carbons (Fsp3) is 0.675. The molecule has 2 aliphatic heterocycles. The number of primary amides is 1. The minimum atomic E-state index is -1.43. The SMILES string of the molecule is CO/C1=C/C(C)=C\[C@@H](C)[C@@H](O)[C@@H](C)C/C(C)=C/C=C/[C@H](OC)[C@H]([C@H](C)[C@@H](O)[C@H](C)[C@@]2(OC)C[C@@H](OC(=O)/C=C/C(N)=O)[C@H](C)[C@@H](C(C)C)O2)OC1=O. The lowest BCUT2D eigenvalue weighted by atomic mass is 9.76. The lowest BCUT2D eigenvalue weighted by Gasteiger charge is -2.51. The van der Waals surface area contributed by atoms with Crippen molar-refractivity contribution in [2.45, 2.75) is 118 Å². The third-order valence-corrected chi connectivity index (χ3v) is 10.4. The first-order valence-electron chi connectivity index (χ1n) is 18.1. The van der Waals surface area contributed by atoms with Crippen molar-refractivity contribution in [3.63, 3.8) is 0 Å². The molecular formula is C40H63NO11. The molecule has 0 saturated carbocycles. The lowest BCUT2D eigenvalue weighted by Crippen LogP contribution is -2.60. The van der Waals surface area contributed by atoms with Gasteiger partial charge in [0, 0.05) is 56.5 Å². The number of carbonyl (C=O) groups is 3. The molecule has 0 aliphatic carbocycles. The lowest BCUT2D eigenvalue weighted by molar-refractivity contribution is -0.339. The second kappa shape index (κ2) is 20.2. The second-order valence-electron chi connectivity index (χ2n) is 14.9. The van der Waals surface area contributed by atoms with Gasteiger partial charge in [0.2, 0.25) is 11.7 Å². The number of esters is 2. The topological polar surface area (TPSA) is 173 Å². The summed E-state index contributed by atoms with van der Waals surface area (Å²) < 4.78 is 36.0. The molecule has 52 heavy (non-hydrogen) atoms. The van der Waals surface area contributed by atoms with E-state index in [0.717, 1.165) is 17.7 Å². The molecule has 1 amide bonds. The Kier molecular flexibility index (Phi) is 17.5. The number of aliphatic hydroxyl groups is 2. The van der Waals surface area contributed by atoms with Crippen LogP contribution in [0.1, 0.15) is 75.2 Å². The van der Waals surface area contributed by atoms with Crippen LogP contribution in [0.5, 0.6) is 0 Å². The van der Waals surface area contributed by atoms with Gasteiger partial charge < -0.3 is 44.4 Å². The molecule has 0 aromatic carbocycles. The summed E-state index contributed by atoms with van der Waals surface area (Å²) in [5.41, 5.74) is 6.92. The average molecular weight is 734 g/mol. The zero-order chi connectivity index (χ0) is 39.5. The Bertz CT molecular complexity index is 1370. The molecule has 0 radical (unpaired) electrons. The maximum atomic E-state index is 13.7. The van der Waals surface area contributed by atoms with Crippen molar-refractivity contribution < 1.29 is 53.0 Å². The van der Waals surface area contributed by atoms with Crippen molar-refractivity contribution in [2.24, 2.45) is 41.2 Å². The van der Waals surface area contributed by atoms with Gasteiger partial charge in [-0.25, -0.2) is 9.59 Å². The Balaban J connectivity index is 2.59. The monoisotopic (exact) mass is 733 g/mol. The first kappa shape index (κ1) is 44.9. The number of hydrogen-bond donors (Lipinski definition) is 3. The van der Waals surface area contributed by atoms with Crippen LogP contribution in [0.15, 0.2) is 59.4 Å². The van der Waals surface area contributed by atoms with Crippen LogP contribution in [0.4, 0.5) is 0 Å². The highest BCUT2D eigenvalue weighted by Gasteiger charge is 2.54. The van der Waals surface area contributed by atoms with Gasteiger partial charge in [-0.1, -0.05) is 83.9 Å². The van der Waals surface area contributed by atoms with Crippen molar-refractivity contribution in [3.05, 3.63) is 59.4 Å². The summed E-state index contributed by atoms with van der Waals surface area (Å²) >= 11 is 0. The van der Waals surface area contributed by atoms with Gasteiger partial charge in [-0.05, 0) is 38.2 Å². The number of ether oxygens (including phenoxy) is 6. The van der Waals surface area contributed by atoms with E-state index in [0.29, 0.717) is 12.0 Å². The van der Waals surface area contributed by atoms with Gasteiger partial charge >= 0.3 is 11.9 Å². The number of rotatable bonds is 11. The Hall–Kier alpha value is -3.29. The Labute approximate surface area is 310 Å². The van der Waals surface area contributed by atoms with Crippen molar-refractivity contribution in [3.8, 4) is 0 Å². The zero-order valence-electron chi connectivity index (χ0n) is 33.0. The van der Waals surface area contributed by atoms with E-state index in [1.54, 1.807) is 26.0 Å². The second-order valence-corrected chi connectivity index (χ2v) is 14.9. The average Bonchev–Trinajstić information content (AvgIpc) is 3.09. The van der Waals surface area contributed by atoms with Gasteiger partial charge in [0.05, 0.1) is 25.4 Å². The van der Waals surface area contributed by atoms with E-state index in [1.807, 2.05) is 66.7 Å². The normalized spacial score (nSPS) is 36.6. The van der Waals surface area contributed by atoms with E-state index in [9.17, 15) is 24.6 Å². The molecule has 2 aliphatic rings. The summed E-state index contributed by atoms with van der Waals surface area (Å²) in [5, 5.41) is 23.1. The number of carbonyl (C=O) groups excluding carboxylic acids is 3. The summed E-state index contributed by atoms with van der Waals surface area (Å²) in [5.74, 6) is -5.76. The quantitative estimate of drug-likeness (QED) is 0.194. The number of cyclic esters (lactones) is 1. The molecule has 1 fully saturated rings. The molecule has 294 valence electrons. The van der Waals surface area contributed by atoms with Crippen LogP contribution in [0.2, 0.25) is 0 Å². The van der Waals surface area contributed by atoms with E-state index in [-0.39, 0.29) is 35.9 Å². The standard InChI is InChI=1S/C40H63NO11/c1-22(2)37-27(7)32(50-34(43)17-16-33(41)42)21-40(49-12,52-37)29(9)36(45)28(8)38-30(47-10)15-13-14-23(3)18-25(5)35(44)26(6)19-24(4)20-31(48-11)39(46)51-38/h13-17,19-20,22,25-30,32,35-38,44-45H,18,21H2,1-12H3,(H2,41,42)/b15-13+,17-16+,23-14+,24-19-,31-20+/t25-,26+,27-,28+,29-,30-,32+,35-,36+,37+,38-,40+/m0/s1. The molecule has 12 nitrogen and oxygen atoms in total. The van der Waals surface area contributed by atoms with Gasteiger partial charge in [0.15, 0.2) is 5.79 Å². The van der Waals surface area contributed by atoms with Crippen LogP contribution < -0.4 is 5.73 Å². The van der Waals surface area contributed by atoms with Crippen LogP contribution >= 0.6 is 0 Å². The highest BCUT2D eigenvalue weighted by Crippen LogP contribution is 2.44. The first-order chi connectivity index (χ1) is 24.3. The zero-order valence-corrected chi connectivity index (χ0v) is 33.0. The molecule has 2 rings (SSSR count). The van der Waals surface area contributed by atoms with E-state index in [2.05, 4.69) is 0 Å². The molecule has 2 heterocycles. The van der Waals surface area contributed by atoms with Crippen LogP contribution in [0.25, 0.3) is 0 Å². The van der Waals surface area contributed by atoms with Crippen LogP contribution in [-0.4, -0.2) is 91.8 Å². The highest BCUT2D eigenvalue weighted by atomic mass is 16.7. The predicted octanol–water partition coefficient (Wildman–Crippen LogP) is 4.94. The van der Waals surface area contributed by atoms with Crippen molar-refractivity contribution >= 4 is 17.8 Å². The van der Waals surface area contributed by atoms with Crippen molar-refractivity contribution in [2.75, 3.05) is 21.3 Å². The van der Waals surface area contributed by atoms with E-state index >= 15 is 0 Å². The van der Waals surface area contributed by atoms with E-state index in [4.69, 9.17) is 34.2 Å². The molecule has 0 aromatic heterocycles. The van der Waals surface area contributed by atoms with Crippen LogP contribution in [0.3, 0.4) is 0 Å². The summed E-state index contributed by atoms with van der Waals surface area (Å²) in [4.78, 5) is 37.6. The Morgan fingerprint density at radius 2 is 1.71 bits per heavy atom. The molecule has 12 heteroatoms. The minimum absolute atomic E-state index is 0.0199. The molecule has 4 N–H and O–H groups in total. The number of hydrogen-bond acceptors (Lipinski definition) is 11. The van der Waals surface area contributed by atoms with Gasteiger partial charge in [-0.2, -0.15) is 0 Å². The van der Waals surface area contributed by atoms with Crippen LogP contribution in [0, 0.1) is 35.5 Å². The van der Waals surface area contributed by atoms with Crippen LogP contribution in [-0.2, 0) is 42.8 Å². The van der Waals surface area contributed by atoms with Gasteiger partial charge in [0.25, 0.3) is 0 Å². The van der Waals surface area contributed by atoms with Crippen molar-refractivity contribution in [1.82, 2.24) is 0 Å². The Morgan fingerprint density at radius 1 is 1.06 bits per heavy atom. The van der Waals surface area contributed by atoms with Gasteiger partial charge in [0.1, 0.15) is 18.3 Å². The third kappa shape index (κ3) is 11.9. The number of methoxy groups -OCH3 is 3. The van der Waals surface area contributed by atoms with E-state index < -0.39 is 72.1 Å². The maximum Gasteiger partial charge on any atom is 0.373 e. The van der Waals surface area contributed by atoms with Crippen molar-refractivity contribution in [1.29, 1.82) is 0 Å². The summed E-state index contributed by atoms with van der Waals surface area (Å²) in [6.45, 7) is 17.1. The minimum Gasteiger partial charge on any atom is -0.490 e. The smallest absolute Gasteiger partial charge is 0.373 e.